The molecule has 39 heavy (non-hydrogen) atoms. The second-order valence-electron chi connectivity index (χ2n) is 8.85. The van der Waals surface area contributed by atoms with Gasteiger partial charge in [-0.1, -0.05) is 60.1 Å². The zero-order valence-corrected chi connectivity index (χ0v) is 23.3. The third-order valence-electron chi connectivity index (χ3n) is 6.33. The lowest BCUT2D eigenvalue weighted by atomic mass is 10.0. The monoisotopic (exact) mass is 604 g/mol. The van der Waals surface area contributed by atoms with Crippen molar-refractivity contribution in [3.05, 3.63) is 105 Å². The number of benzene rings is 4. The number of aryl methyl sites for hydroxylation is 1. The second kappa shape index (κ2) is 10.9. The number of hydrogen-bond donors (Lipinski definition) is 1. The van der Waals surface area contributed by atoms with E-state index in [0.717, 1.165) is 21.2 Å². The number of halogens is 2. The van der Waals surface area contributed by atoms with Crippen LogP contribution in [0.4, 0.5) is 10.5 Å². The number of urea groups is 1. The molecule has 0 saturated carbocycles. The Kier molecular flexibility index (Phi) is 7.41. The molecule has 0 aliphatic carbocycles. The molecule has 0 radical (unpaired) electrons. The van der Waals surface area contributed by atoms with E-state index in [0.29, 0.717) is 44.4 Å². The average molecular weight is 606 g/mol. The summed E-state index contributed by atoms with van der Waals surface area (Å²) >= 11 is 9.64. The molecule has 0 spiro atoms. The van der Waals surface area contributed by atoms with Crippen molar-refractivity contribution in [1.29, 1.82) is 0 Å². The molecule has 1 aliphatic heterocycles. The zero-order valence-electron chi connectivity index (χ0n) is 21.0. The van der Waals surface area contributed by atoms with Crippen LogP contribution < -0.4 is 19.7 Å². The van der Waals surface area contributed by atoms with E-state index < -0.39 is 17.8 Å². The van der Waals surface area contributed by atoms with Crippen LogP contribution in [0.3, 0.4) is 0 Å². The lowest BCUT2D eigenvalue weighted by Crippen LogP contribution is -2.54. The fourth-order valence-electron chi connectivity index (χ4n) is 4.40. The van der Waals surface area contributed by atoms with E-state index in [9.17, 15) is 14.4 Å². The summed E-state index contributed by atoms with van der Waals surface area (Å²) in [7, 11) is 1.50. The fourth-order valence-corrected chi connectivity index (χ4v) is 5.14. The first kappa shape index (κ1) is 26.5. The van der Waals surface area contributed by atoms with Gasteiger partial charge in [-0.2, -0.15) is 0 Å². The Morgan fingerprint density at radius 2 is 1.77 bits per heavy atom. The van der Waals surface area contributed by atoms with E-state index in [2.05, 4.69) is 21.2 Å². The molecule has 0 unspecified atom stereocenters. The van der Waals surface area contributed by atoms with E-state index in [-0.39, 0.29) is 5.57 Å². The second-order valence-corrected chi connectivity index (χ2v) is 10.1. The maximum Gasteiger partial charge on any atom is 0.335 e. The summed E-state index contributed by atoms with van der Waals surface area (Å²) in [5.74, 6) is -0.690. The number of nitrogens with one attached hydrogen (secondary N) is 1. The lowest BCUT2D eigenvalue weighted by molar-refractivity contribution is -0.122. The summed E-state index contributed by atoms with van der Waals surface area (Å²) < 4.78 is 12.3. The van der Waals surface area contributed by atoms with Crippen molar-refractivity contribution in [2.24, 2.45) is 0 Å². The van der Waals surface area contributed by atoms with Crippen LogP contribution in [-0.4, -0.2) is 25.0 Å². The summed E-state index contributed by atoms with van der Waals surface area (Å²) in [6.07, 6.45) is 1.40. The van der Waals surface area contributed by atoms with Crippen molar-refractivity contribution in [3.8, 4) is 11.5 Å². The van der Waals surface area contributed by atoms with Crippen LogP contribution in [0, 0.1) is 6.92 Å². The van der Waals surface area contributed by atoms with Crippen LogP contribution in [0.25, 0.3) is 16.8 Å². The van der Waals surface area contributed by atoms with Gasteiger partial charge in [0.05, 0.1) is 17.3 Å². The first-order valence-electron chi connectivity index (χ1n) is 11.9. The van der Waals surface area contributed by atoms with Gasteiger partial charge in [0.25, 0.3) is 11.8 Å². The van der Waals surface area contributed by atoms with Crippen molar-refractivity contribution in [3.63, 3.8) is 0 Å². The van der Waals surface area contributed by atoms with Gasteiger partial charge in [0.15, 0.2) is 11.5 Å². The molecule has 4 amide bonds. The quantitative estimate of drug-likeness (QED) is 0.193. The van der Waals surface area contributed by atoms with Crippen LogP contribution in [0.5, 0.6) is 11.5 Å². The van der Waals surface area contributed by atoms with Crippen LogP contribution in [0.2, 0.25) is 5.02 Å². The van der Waals surface area contributed by atoms with E-state index in [1.165, 1.54) is 19.3 Å². The normalized spacial score (nSPS) is 14.6. The van der Waals surface area contributed by atoms with E-state index >= 15 is 0 Å². The van der Waals surface area contributed by atoms with E-state index in [4.69, 9.17) is 21.1 Å². The van der Waals surface area contributed by atoms with Crippen LogP contribution in [-0.2, 0) is 16.2 Å². The molecule has 9 heteroatoms. The Morgan fingerprint density at radius 3 is 2.56 bits per heavy atom. The molecule has 5 rings (SSSR count). The number of carbonyl (C=O) groups excluding carboxylic acids is 3. The summed E-state index contributed by atoms with van der Waals surface area (Å²) in [4.78, 5) is 39.5. The molecule has 196 valence electrons. The molecule has 1 heterocycles. The Bertz CT molecular complexity index is 1680. The third-order valence-corrected chi connectivity index (χ3v) is 7.15. The van der Waals surface area contributed by atoms with E-state index in [1.807, 2.05) is 42.5 Å². The van der Waals surface area contributed by atoms with Crippen molar-refractivity contribution in [2.45, 2.75) is 13.5 Å². The summed E-state index contributed by atoms with van der Waals surface area (Å²) in [5.41, 5.74) is 2.23. The topological polar surface area (TPSA) is 84.9 Å². The first-order chi connectivity index (χ1) is 18.8. The van der Waals surface area contributed by atoms with Crippen molar-refractivity contribution in [2.75, 3.05) is 12.0 Å². The maximum atomic E-state index is 13.4. The fraction of sp³-hybridized carbons (Fsp3) is 0.100. The smallest absolute Gasteiger partial charge is 0.335 e. The molecular weight excluding hydrogens is 584 g/mol. The number of nitrogens with zero attached hydrogens (tertiary/aromatic N) is 1. The number of barbiturate groups is 1. The van der Waals surface area contributed by atoms with Gasteiger partial charge >= 0.3 is 6.03 Å². The largest absolute Gasteiger partial charge is 0.493 e. The number of imide groups is 2. The lowest BCUT2D eigenvalue weighted by Gasteiger charge is -2.27. The number of fused-ring (bicyclic) bond motifs is 1. The molecule has 4 aromatic rings. The highest BCUT2D eigenvalue weighted by molar-refractivity contribution is 9.10. The van der Waals surface area contributed by atoms with Gasteiger partial charge in [0.2, 0.25) is 0 Å². The van der Waals surface area contributed by atoms with Gasteiger partial charge < -0.3 is 9.47 Å². The standard InChI is InChI=1S/C30H22BrClN2O5/c1-17-10-11-21(32)15-25(17)34-29(36)23(28(35)33-30(34)37)12-18-13-24(31)27(26(14-18)38-2)39-16-20-8-5-7-19-6-3-4-9-22(19)20/h3-15H,16H2,1-2H3,(H,33,35,37)/b23-12+. The number of rotatable bonds is 6. The van der Waals surface area contributed by atoms with Gasteiger partial charge in [0.1, 0.15) is 12.2 Å². The molecule has 4 aromatic carbocycles. The highest BCUT2D eigenvalue weighted by Crippen LogP contribution is 2.38. The maximum absolute atomic E-state index is 13.4. The zero-order chi connectivity index (χ0) is 27.7. The molecule has 1 fully saturated rings. The number of amides is 4. The molecule has 0 aromatic heterocycles. The third kappa shape index (κ3) is 5.26. The minimum atomic E-state index is -0.844. The number of hydrogen-bond acceptors (Lipinski definition) is 5. The number of methoxy groups -OCH3 is 1. The van der Waals surface area contributed by atoms with Crippen molar-refractivity contribution >= 4 is 67.9 Å². The number of carbonyl (C=O) groups is 3. The highest BCUT2D eigenvalue weighted by atomic mass is 79.9. The minimum Gasteiger partial charge on any atom is -0.493 e. The summed E-state index contributed by atoms with van der Waals surface area (Å²) in [5, 5.41) is 4.79. The van der Waals surface area contributed by atoms with Crippen LogP contribution >= 0.6 is 27.5 Å². The van der Waals surface area contributed by atoms with Gasteiger partial charge in [-0.3, -0.25) is 14.9 Å². The summed E-state index contributed by atoms with van der Waals surface area (Å²) in [6, 6.07) is 21.5. The molecule has 1 saturated heterocycles. The molecule has 7 nitrogen and oxygen atoms in total. The van der Waals surface area contributed by atoms with Crippen molar-refractivity contribution < 1.29 is 23.9 Å². The Balaban J connectivity index is 1.46. The average Bonchev–Trinajstić information content (AvgIpc) is 2.92. The van der Waals surface area contributed by atoms with Crippen molar-refractivity contribution in [1.82, 2.24) is 5.32 Å². The Labute approximate surface area is 238 Å². The van der Waals surface area contributed by atoms with Crippen LogP contribution in [0.1, 0.15) is 16.7 Å². The van der Waals surface area contributed by atoms with Gasteiger partial charge in [-0.05, 0) is 80.7 Å². The van der Waals surface area contributed by atoms with Gasteiger partial charge in [-0.15, -0.1) is 0 Å². The minimum absolute atomic E-state index is 0.215. The Morgan fingerprint density at radius 1 is 1.00 bits per heavy atom. The SMILES string of the molecule is COc1cc(/C=C2\C(=O)NC(=O)N(c3cc(Cl)ccc3C)C2=O)cc(Br)c1OCc1cccc2ccccc12. The first-order valence-corrected chi connectivity index (χ1v) is 13.1. The van der Waals surface area contributed by atoms with Gasteiger partial charge in [-0.25, -0.2) is 9.69 Å². The molecule has 0 atom stereocenters. The van der Waals surface area contributed by atoms with E-state index in [1.54, 1.807) is 31.2 Å². The number of anilines is 1. The molecular formula is C30H22BrClN2O5. The molecule has 0 bridgehead atoms. The number of ether oxygens (including phenoxy) is 2. The highest BCUT2D eigenvalue weighted by Gasteiger charge is 2.37. The predicted octanol–water partition coefficient (Wildman–Crippen LogP) is 6.82. The van der Waals surface area contributed by atoms with Gasteiger partial charge in [0, 0.05) is 5.02 Å². The molecule has 1 N–H and O–H groups in total. The van der Waals surface area contributed by atoms with Crippen LogP contribution in [0.15, 0.2) is 82.8 Å². The summed E-state index contributed by atoms with van der Waals surface area (Å²) in [6.45, 7) is 2.04. The molecule has 1 aliphatic rings. The Hall–Kier alpha value is -4.14. The predicted molar refractivity (Wildman–Crippen MR) is 154 cm³/mol.